The van der Waals surface area contributed by atoms with Crippen molar-refractivity contribution in [1.29, 1.82) is 0 Å². The minimum Gasteiger partial charge on any atom is -0.459 e. The van der Waals surface area contributed by atoms with Crippen molar-refractivity contribution in [2.45, 2.75) is 32.4 Å². The van der Waals surface area contributed by atoms with E-state index in [0.29, 0.717) is 6.04 Å². The Bertz CT molecular complexity index is 544. The third kappa shape index (κ3) is 2.60. The monoisotopic (exact) mass is 272 g/mol. The maximum Gasteiger partial charge on any atom is 0.134 e. The van der Waals surface area contributed by atoms with Crippen molar-refractivity contribution in [2.24, 2.45) is 5.92 Å². The summed E-state index contributed by atoms with van der Waals surface area (Å²) in [6.45, 7) is 6.88. The number of furan rings is 1. The Labute approximate surface area is 120 Å². The summed E-state index contributed by atoms with van der Waals surface area (Å²) in [5, 5.41) is 4.59. The van der Waals surface area contributed by atoms with E-state index < -0.39 is 0 Å². The van der Waals surface area contributed by atoms with E-state index in [1.165, 1.54) is 18.4 Å². The van der Waals surface area contributed by atoms with Gasteiger partial charge in [0.15, 0.2) is 0 Å². The van der Waals surface area contributed by atoms with Crippen LogP contribution in [0.25, 0.3) is 11.0 Å². The SMILES string of the molecule is CNC(CN1CC(C)CC1C)c1cc2ccccc2o1. The molecule has 1 fully saturated rings. The molecule has 1 N–H and O–H groups in total. The van der Waals surface area contributed by atoms with Crippen LogP contribution < -0.4 is 5.32 Å². The first-order valence-corrected chi connectivity index (χ1v) is 7.57. The van der Waals surface area contributed by atoms with Gasteiger partial charge in [0, 0.05) is 24.5 Å². The van der Waals surface area contributed by atoms with Crippen molar-refractivity contribution in [3.05, 3.63) is 36.1 Å². The molecular weight excluding hydrogens is 248 g/mol. The third-order valence-electron chi connectivity index (χ3n) is 4.47. The predicted molar refractivity (Wildman–Crippen MR) is 82.8 cm³/mol. The second-order valence-electron chi connectivity index (χ2n) is 6.17. The lowest BCUT2D eigenvalue weighted by Gasteiger charge is -2.25. The van der Waals surface area contributed by atoms with E-state index >= 15 is 0 Å². The number of likely N-dealkylation sites (N-methyl/N-ethyl adjacent to an activating group) is 1. The molecule has 0 saturated carbocycles. The summed E-state index contributed by atoms with van der Waals surface area (Å²) in [7, 11) is 2.02. The lowest BCUT2D eigenvalue weighted by atomic mass is 10.1. The van der Waals surface area contributed by atoms with E-state index in [2.05, 4.69) is 42.3 Å². The Morgan fingerprint density at radius 3 is 2.80 bits per heavy atom. The summed E-state index contributed by atoms with van der Waals surface area (Å²) in [5.74, 6) is 1.85. The Morgan fingerprint density at radius 1 is 1.35 bits per heavy atom. The molecule has 2 aromatic rings. The number of hydrogen-bond donors (Lipinski definition) is 1. The second-order valence-corrected chi connectivity index (χ2v) is 6.17. The molecule has 0 radical (unpaired) electrons. The minimum atomic E-state index is 0.259. The van der Waals surface area contributed by atoms with Crippen LogP contribution in [0.2, 0.25) is 0 Å². The van der Waals surface area contributed by atoms with E-state index in [1.807, 2.05) is 19.2 Å². The van der Waals surface area contributed by atoms with Gasteiger partial charge in [-0.05, 0) is 38.4 Å². The zero-order valence-electron chi connectivity index (χ0n) is 12.6. The molecule has 3 atom stereocenters. The molecule has 108 valence electrons. The van der Waals surface area contributed by atoms with Gasteiger partial charge < -0.3 is 9.73 Å². The first kappa shape index (κ1) is 13.7. The fourth-order valence-electron chi connectivity index (χ4n) is 3.37. The number of benzene rings is 1. The number of hydrogen-bond acceptors (Lipinski definition) is 3. The molecule has 3 heteroatoms. The molecule has 1 saturated heterocycles. The van der Waals surface area contributed by atoms with E-state index in [0.717, 1.165) is 23.8 Å². The van der Waals surface area contributed by atoms with Gasteiger partial charge in [-0.2, -0.15) is 0 Å². The number of likely N-dealkylation sites (tertiary alicyclic amines) is 1. The zero-order valence-corrected chi connectivity index (χ0v) is 12.6. The normalized spacial score (nSPS) is 25.4. The molecule has 0 amide bonds. The molecule has 1 aromatic heterocycles. The average Bonchev–Trinajstić information content (AvgIpc) is 2.99. The maximum absolute atomic E-state index is 6.00. The van der Waals surface area contributed by atoms with Crippen molar-refractivity contribution in [2.75, 3.05) is 20.1 Å². The van der Waals surface area contributed by atoms with Crippen LogP contribution in [0.3, 0.4) is 0 Å². The van der Waals surface area contributed by atoms with Crippen molar-refractivity contribution in [1.82, 2.24) is 10.2 Å². The van der Waals surface area contributed by atoms with Crippen LogP contribution in [0.4, 0.5) is 0 Å². The summed E-state index contributed by atoms with van der Waals surface area (Å²) in [5.41, 5.74) is 0.977. The molecular formula is C17H24N2O. The van der Waals surface area contributed by atoms with Crippen molar-refractivity contribution < 1.29 is 4.42 Å². The number of nitrogens with zero attached hydrogens (tertiary/aromatic N) is 1. The Balaban J connectivity index is 1.79. The average molecular weight is 272 g/mol. The standard InChI is InChI=1S/C17H24N2O/c1-12-8-13(2)19(10-12)11-15(18-3)17-9-14-6-4-5-7-16(14)20-17/h4-7,9,12-13,15,18H,8,10-11H2,1-3H3. The van der Waals surface area contributed by atoms with Gasteiger partial charge in [-0.15, -0.1) is 0 Å². The van der Waals surface area contributed by atoms with Crippen LogP contribution in [0.15, 0.2) is 34.7 Å². The molecule has 0 aliphatic carbocycles. The fourth-order valence-corrected chi connectivity index (χ4v) is 3.37. The predicted octanol–water partition coefficient (Wildman–Crippen LogP) is 3.42. The van der Waals surface area contributed by atoms with Gasteiger partial charge in [-0.1, -0.05) is 25.1 Å². The summed E-state index contributed by atoms with van der Waals surface area (Å²) in [4.78, 5) is 2.57. The summed E-state index contributed by atoms with van der Waals surface area (Å²) < 4.78 is 6.00. The molecule has 3 nitrogen and oxygen atoms in total. The molecule has 3 rings (SSSR count). The van der Waals surface area contributed by atoms with Gasteiger partial charge >= 0.3 is 0 Å². The van der Waals surface area contributed by atoms with Crippen LogP contribution in [0.5, 0.6) is 0 Å². The maximum atomic E-state index is 6.00. The molecule has 20 heavy (non-hydrogen) atoms. The number of nitrogens with one attached hydrogen (secondary N) is 1. The number of para-hydroxylation sites is 1. The van der Waals surface area contributed by atoms with E-state index in [1.54, 1.807) is 0 Å². The molecule has 0 bridgehead atoms. The molecule has 0 spiro atoms. The van der Waals surface area contributed by atoms with E-state index in [-0.39, 0.29) is 6.04 Å². The third-order valence-corrected chi connectivity index (χ3v) is 4.47. The van der Waals surface area contributed by atoms with Crippen molar-refractivity contribution >= 4 is 11.0 Å². The topological polar surface area (TPSA) is 28.4 Å². The van der Waals surface area contributed by atoms with Crippen molar-refractivity contribution in [3.8, 4) is 0 Å². The molecule has 3 unspecified atom stereocenters. The molecule has 1 aromatic carbocycles. The quantitative estimate of drug-likeness (QED) is 0.924. The highest BCUT2D eigenvalue weighted by atomic mass is 16.3. The van der Waals surface area contributed by atoms with Gasteiger partial charge in [-0.3, -0.25) is 4.90 Å². The van der Waals surface area contributed by atoms with E-state index in [9.17, 15) is 0 Å². The van der Waals surface area contributed by atoms with Crippen LogP contribution in [-0.4, -0.2) is 31.1 Å². The lowest BCUT2D eigenvalue weighted by molar-refractivity contribution is 0.227. The fraction of sp³-hybridized carbons (Fsp3) is 0.529. The highest BCUT2D eigenvalue weighted by molar-refractivity contribution is 5.77. The first-order chi connectivity index (χ1) is 9.67. The van der Waals surface area contributed by atoms with Crippen molar-refractivity contribution in [3.63, 3.8) is 0 Å². The largest absolute Gasteiger partial charge is 0.459 e. The Hall–Kier alpha value is -1.32. The Kier molecular flexibility index (Phi) is 3.81. The van der Waals surface area contributed by atoms with Crippen LogP contribution in [0.1, 0.15) is 32.1 Å². The van der Waals surface area contributed by atoms with Gasteiger partial charge in [-0.25, -0.2) is 0 Å². The smallest absolute Gasteiger partial charge is 0.134 e. The zero-order chi connectivity index (χ0) is 14.1. The van der Waals surface area contributed by atoms with Gasteiger partial charge in [0.05, 0.1) is 6.04 Å². The summed E-state index contributed by atoms with van der Waals surface area (Å²) >= 11 is 0. The molecule has 1 aliphatic heterocycles. The summed E-state index contributed by atoms with van der Waals surface area (Å²) in [6.07, 6.45) is 1.30. The second kappa shape index (κ2) is 5.58. The number of rotatable bonds is 4. The number of fused-ring (bicyclic) bond motifs is 1. The van der Waals surface area contributed by atoms with Crippen LogP contribution in [-0.2, 0) is 0 Å². The van der Waals surface area contributed by atoms with Crippen LogP contribution in [0, 0.1) is 5.92 Å². The highest BCUT2D eigenvalue weighted by Gasteiger charge is 2.28. The Morgan fingerprint density at radius 2 is 2.15 bits per heavy atom. The molecule has 2 heterocycles. The first-order valence-electron chi connectivity index (χ1n) is 7.57. The van der Waals surface area contributed by atoms with Gasteiger partial charge in [0.2, 0.25) is 0 Å². The minimum absolute atomic E-state index is 0.259. The van der Waals surface area contributed by atoms with Gasteiger partial charge in [0.25, 0.3) is 0 Å². The highest BCUT2D eigenvalue weighted by Crippen LogP contribution is 2.28. The summed E-state index contributed by atoms with van der Waals surface area (Å²) in [6, 6.07) is 11.3. The lowest BCUT2D eigenvalue weighted by Crippen LogP contribution is -2.35. The van der Waals surface area contributed by atoms with Crippen LogP contribution >= 0.6 is 0 Å². The molecule has 1 aliphatic rings. The van der Waals surface area contributed by atoms with Gasteiger partial charge in [0.1, 0.15) is 11.3 Å². The van der Waals surface area contributed by atoms with E-state index in [4.69, 9.17) is 4.42 Å².